The molecule has 0 spiro atoms. The van der Waals surface area contributed by atoms with E-state index in [9.17, 15) is 8.42 Å². The maximum Gasteiger partial charge on any atom is 0.240 e. The molecular weight excluding hydrogens is 376 g/mol. The molecule has 1 aliphatic heterocycles. The Morgan fingerprint density at radius 1 is 1.00 bits per heavy atom. The van der Waals surface area contributed by atoms with Gasteiger partial charge in [0.05, 0.1) is 4.90 Å². The van der Waals surface area contributed by atoms with Gasteiger partial charge in [-0.05, 0) is 50.5 Å². The largest absolute Gasteiger partial charge is 0.355 e. The number of hydrogen-bond acceptors (Lipinski definition) is 6. The topological polar surface area (TPSA) is 92.5 Å². The van der Waals surface area contributed by atoms with Gasteiger partial charge >= 0.3 is 0 Å². The van der Waals surface area contributed by atoms with Gasteiger partial charge < -0.3 is 4.90 Å². The van der Waals surface area contributed by atoms with Crippen molar-refractivity contribution in [2.24, 2.45) is 0 Å². The van der Waals surface area contributed by atoms with Gasteiger partial charge in [-0.3, -0.25) is 0 Å². The third kappa shape index (κ3) is 4.00. The summed E-state index contributed by atoms with van der Waals surface area (Å²) in [4.78, 5) is 2.53. The fourth-order valence-electron chi connectivity index (χ4n) is 3.37. The number of benzene rings is 1. The number of hydrogen-bond donors (Lipinski definition) is 1. The first-order valence-electron chi connectivity index (χ1n) is 9.55. The van der Waals surface area contributed by atoms with Gasteiger partial charge in [0.15, 0.2) is 11.5 Å². The fourth-order valence-corrected chi connectivity index (χ4v) is 4.40. The summed E-state index contributed by atoms with van der Waals surface area (Å²) < 4.78 is 29.2. The van der Waals surface area contributed by atoms with Gasteiger partial charge in [0.2, 0.25) is 10.0 Å². The molecule has 1 saturated heterocycles. The Morgan fingerprint density at radius 3 is 2.50 bits per heavy atom. The van der Waals surface area contributed by atoms with Gasteiger partial charge in [0.25, 0.3) is 0 Å². The molecule has 0 radical (unpaired) electrons. The summed E-state index contributed by atoms with van der Waals surface area (Å²) in [5, 5.41) is 13.0. The lowest BCUT2D eigenvalue weighted by atomic mass is 10.1. The Kier molecular flexibility index (Phi) is 5.27. The van der Waals surface area contributed by atoms with Crippen LogP contribution in [0.5, 0.6) is 0 Å². The van der Waals surface area contributed by atoms with E-state index < -0.39 is 10.0 Å². The number of nitrogens with one attached hydrogen (secondary N) is 1. The van der Waals surface area contributed by atoms with Crippen molar-refractivity contribution < 1.29 is 8.42 Å². The van der Waals surface area contributed by atoms with E-state index in [2.05, 4.69) is 24.9 Å². The molecule has 0 unspecified atom stereocenters. The molecule has 28 heavy (non-hydrogen) atoms. The first-order chi connectivity index (χ1) is 13.5. The molecule has 0 atom stereocenters. The lowest BCUT2D eigenvalue weighted by molar-refractivity contribution is 0.568. The highest BCUT2D eigenvalue weighted by Gasteiger charge is 2.16. The second kappa shape index (κ2) is 7.84. The molecule has 2 aromatic heterocycles. The van der Waals surface area contributed by atoms with Crippen molar-refractivity contribution in [1.82, 2.24) is 24.5 Å². The van der Waals surface area contributed by atoms with Crippen molar-refractivity contribution in [3.8, 4) is 0 Å². The van der Waals surface area contributed by atoms with Crippen molar-refractivity contribution in [3.63, 3.8) is 0 Å². The van der Waals surface area contributed by atoms with E-state index in [0.717, 1.165) is 24.5 Å². The molecule has 0 aliphatic carbocycles. The minimum atomic E-state index is -3.54. The van der Waals surface area contributed by atoms with Crippen molar-refractivity contribution in [2.45, 2.75) is 37.5 Å². The molecule has 148 valence electrons. The second-order valence-corrected chi connectivity index (χ2v) is 8.85. The van der Waals surface area contributed by atoms with Crippen LogP contribution in [0.2, 0.25) is 0 Å². The standard InChI is InChI=1S/C19H24N6O2S/c1-15-5-7-16(8-6-15)28(26,27)20-12-11-18-22-21-17-9-10-19(23-25(17)18)24-13-3-2-4-14-24/h5-10,20H,2-4,11-14H2,1H3. The average molecular weight is 401 g/mol. The minimum absolute atomic E-state index is 0.229. The molecule has 1 aliphatic rings. The van der Waals surface area contributed by atoms with E-state index in [4.69, 9.17) is 0 Å². The quantitative estimate of drug-likeness (QED) is 0.680. The van der Waals surface area contributed by atoms with Crippen molar-refractivity contribution in [1.29, 1.82) is 0 Å². The lowest BCUT2D eigenvalue weighted by Crippen LogP contribution is -2.30. The van der Waals surface area contributed by atoms with Crippen LogP contribution < -0.4 is 9.62 Å². The van der Waals surface area contributed by atoms with Crippen molar-refractivity contribution >= 4 is 21.5 Å². The summed E-state index contributed by atoms with van der Waals surface area (Å²) in [6.07, 6.45) is 4.02. The van der Waals surface area contributed by atoms with Crippen LogP contribution in [-0.4, -0.2) is 47.9 Å². The van der Waals surface area contributed by atoms with Crippen LogP contribution >= 0.6 is 0 Å². The molecule has 1 fully saturated rings. The van der Waals surface area contributed by atoms with Crippen LogP contribution in [0, 0.1) is 6.92 Å². The van der Waals surface area contributed by atoms with Gasteiger partial charge in [0, 0.05) is 26.1 Å². The molecule has 0 amide bonds. The smallest absolute Gasteiger partial charge is 0.240 e. The number of rotatable bonds is 6. The third-order valence-electron chi connectivity index (χ3n) is 4.97. The molecule has 4 rings (SSSR count). The van der Waals surface area contributed by atoms with Crippen molar-refractivity contribution in [2.75, 3.05) is 24.5 Å². The monoisotopic (exact) mass is 400 g/mol. The summed E-state index contributed by atoms with van der Waals surface area (Å²) >= 11 is 0. The van der Waals surface area contributed by atoms with E-state index in [0.29, 0.717) is 17.9 Å². The fraction of sp³-hybridized carbons (Fsp3) is 0.421. The zero-order valence-electron chi connectivity index (χ0n) is 15.9. The minimum Gasteiger partial charge on any atom is -0.355 e. The number of aryl methyl sites for hydroxylation is 1. The Balaban J connectivity index is 1.46. The average Bonchev–Trinajstić information content (AvgIpc) is 3.11. The highest BCUT2D eigenvalue weighted by atomic mass is 32.2. The Labute approximate surface area is 164 Å². The SMILES string of the molecule is Cc1ccc(S(=O)(=O)NCCc2nnc3ccc(N4CCCCC4)nn23)cc1. The number of anilines is 1. The summed E-state index contributed by atoms with van der Waals surface area (Å²) in [7, 11) is -3.54. The second-order valence-electron chi connectivity index (χ2n) is 7.09. The first-order valence-corrected chi connectivity index (χ1v) is 11.0. The number of fused-ring (bicyclic) bond motifs is 1. The molecule has 1 aromatic carbocycles. The molecule has 1 N–H and O–H groups in total. The number of nitrogens with zero attached hydrogens (tertiary/aromatic N) is 5. The van der Waals surface area contributed by atoms with E-state index >= 15 is 0 Å². The highest BCUT2D eigenvalue weighted by Crippen LogP contribution is 2.18. The van der Waals surface area contributed by atoms with Crippen LogP contribution in [0.4, 0.5) is 5.82 Å². The van der Waals surface area contributed by atoms with Gasteiger partial charge in [-0.2, -0.15) is 4.52 Å². The first kappa shape index (κ1) is 18.8. The molecule has 3 heterocycles. The molecule has 8 nitrogen and oxygen atoms in total. The Bertz CT molecular complexity index is 1060. The van der Waals surface area contributed by atoms with Crippen LogP contribution in [0.15, 0.2) is 41.3 Å². The van der Waals surface area contributed by atoms with E-state index in [1.165, 1.54) is 19.3 Å². The molecule has 0 saturated carbocycles. The zero-order valence-corrected chi connectivity index (χ0v) is 16.7. The highest BCUT2D eigenvalue weighted by molar-refractivity contribution is 7.89. The van der Waals surface area contributed by atoms with Gasteiger partial charge in [-0.1, -0.05) is 17.7 Å². The van der Waals surface area contributed by atoms with E-state index in [1.807, 2.05) is 19.1 Å². The number of piperidine rings is 1. The summed E-state index contributed by atoms with van der Waals surface area (Å²) in [6.45, 7) is 4.16. The predicted molar refractivity (Wildman–Crippen MR) is 107 cm³/mol. The number of aromatic nitrogens is 4. The van der Waals surface area contributed by atoms with Gasteiger partial charge in [-0.15, -0.1) is 15.3 Å². The van der Waals surface area contributed by atoms with Crippen LogP contribution in [0.3, 0.4) is 0 Å². The summed E-state index contributed by atoms with van der Waals surface area (Å²) in [5.41, 5.74) is 1.68. The Hall–Kier alpha value is -2.52. The van der Waals surface area contributed by atoms with E-state index in [1.54, 1.807) is 28.8 Å². The maximum absolute atomic E-state index is 12.4. The summed E-state index contributed by atoms with van der Waals surface area (Å²) in [6, 6.07) is 10.7. The van der Waals surface area contributed by atoms with Gasteiger partial charge in [-0.25, -0.2) is 13.1 Å². The summed E-state index contributed by atoms with van der Waals surface area (Å²) in [5.74, 6) is 1.55. The van der Waals surface area contributed by atoms with Crippen LogP contribution in [-0.2, 0) is 16.4 Å². The van der Waals surface area contributed by atoms with Crippen LogP contribution in [0.25, 0.3) is 5.65 Å². The zero-order chi connectivity index (χ0) is 19.6. The lowest BCUT2D eigenvalue weighted by Gasteiger charge is -2.27. The molecule has 9 heteroatoms. The molecule has 3 aromatic rings. The maximum atomic E-state index is 12.4. The number of sulfonamides is 1. The molecule has 0 bridgehead atoms. The van der Waals surface area contributed by atoms with Crippen LogP contribution in [0.1, 0.15) is 30.7 Å². The Morgan fingerprint density at radius 2 is 1.75 bits per heavy atom. The molecular formula is C19H24N6O2S. The third-order valence-corrected chi connectivity index (χ3v) is 6.44. The van der Waals surface area contributed by atoms with Crippen molar-refractivity contribution in [3.05, 3.63) is 47.8 Å². The van der Waals surface area contributed by atoms with Gasteiger partial charge in [0.1, 0.15) is 5.82 Å². The predicted octanol–water partition coefficient (Wildman–Crippen LogP) is 1.94. The van der Waals surface area contributed by atoms with E-state index in [-0.39, 0.29) is 11.4 Å². The normalized spacial score (nSPS) is 15.2.